The van der Waals surface area contributed by atoms with E-state index in [1.807, 2.05) is 0 Å². The van der Waals surface area contributed by atoms with Crippen molar-refractivity contribution in [2.45, 2.75) is 11.4 Å². The Labute approximate surface area is 115 Å². The van der Waals surface area contributed by atoms with Gasteiger partial charge in [0.25, 0.3) is 0 Å². The summed E-state index contributed by atoms with van der Waals surface area (Å²) in [5.41, 5.74) is 0. The molecular weight excluding hydrogens is 314 g/mol. The molecule has 0 amide bonds. The molecule has 0 aliphatic carbocycles. The quantitative estimate of drug-likeness (QED) is 0.582. The fourth-order valence-electron chi connectivity index (χ4n) is 1.83. The van der Waals surface area contributed by atoms with Crippen LogP contribution < -0.4 is 10.6 Å². The second kappa shape index (κ2) is 7.04. The molecule has 2 rings (SSSR count). The summed E-state index contributed by atoms with van der Waals surface area (Å²) >= 11 is 3.01. The molecule has 0 aliphatic rings. The Kier molecular flexibility index (Phi) is 5.36. The molecule has 0 aromatic heterocycles. The molecule has 0 spiro atoms. The van der Waals surface area contributed by atoms with Gasteiger partial charge in [-0.1, -0.05) is 0 Å². The first kappa shape index (κ1) is 12.9. The molecule has 0 radical (unpaired) electrons. The van der Waals surface area contributed by atoms with E-state index < -0.39 is 0 Å². The Bertz CT molecular complexity index is 388. The Balaban J connectivity index is 2.26. The van der Waals surface area contributed by atoms with Crippen LogP contribution in [0.3, 0.4) is 0 Å². The summed E-state index contributed by atoms with van der Waals surface area (Å²) < 4.78 is 0. The SMILES string of the molecule is [Rh][CH2]CCP(c1ccccc1)c1ccccc1. The van der Waals surface area contributed by atoms with Crippen molar-refractivity contribution in [1.82, 2.24) is 0 Å². The minimum atomic E-state index is -0.174. The molecule has 0 saturated heterocycles. The standard InChI is InChI=1S/C15H16P.Rh/c1-2-13-16(14-9-5-3-6-10-14)15-11-7-4-8-12-15;/h3-12H,1-2,13H2;. The average Bonchev–Trinajstić information content (AvgIpc) is 2.42. The predicted octanol–water partition coefficient (Wildman–Crippen LogP) is 3.47. The number of hydrogen-bond donors (Lipinski definition) is 0. The van der Waals surface area contributed by atoms with Crippen LogP contribution in [-0.4, -0.2) is 6.16 Å². The van der Waals surface area contributed by atoms with Crippen LogP contribution in [0.2, 0.25) is 5.02 Å². The van der Waals surface area contributed by atoms with Crippen molar-refractivity contribution in [3.63, 3.8) is 0 Å². The normalized spacial score (nSPS) is 10.8. The molecule has 0 saturated carbocycles. The fourth-order valence-corrected chi connectivity index (χ4v) is 4.91. The van der Waals surface area contributed by atoms with Gasteiger partial charge < -0.3 is 0 Å². The van der Waals surface area contributed by atoms with Crippen molar-refractivity contribution in [2.24, 2.45) is 0 Å². The van der Waals surface area contributed by atoms with Crippen LogP contribution in [0, 0.1) is 0 Å². The maximum absolute atomic E-state index is 3.01. The van der Waals surface area contributed by atoms with Crippen molar-refractivity contribution < 1.29 is 18.3 Å². The van der Waals surface area contributed by atoms with Crippen LogP contribution in [-0.2, 0) is 18.3 Å². The van der Waals surface area contributed by atoms with Gasteiger partial charge in [-0.3, -0.25) is 0 Å². The van der Waals surface area contributed by atoms with E-state index in [0.717, 1.165) is 0 Å². The monoisotopic (exact) mass is 330 g/mol. The number of rotatable bonds is 5. The molecule has 2 heteroatoms. The van der Waals surface area contributed by atoms with E-state index >= 15 is 0 Å². The van der Waals surface area contributed by atoms with E-state index in [1.165, 1.54) is 28.2 Å². The summed E-state index contributed by atoms with van der Waals surface area (Å²) in [7, 11) is -0.174. The van der Waals surface area contributed by atoms with Crippen LogP contribution in [0.15, 0.2) is 60.7 Å². The first-order valence-corrected chi connectivity index (χ1v) is 8.51. The second-order valence-corrected chi connectivity index (χ2v) is 7.00. The predicted molar refractivity (Wildman–Crippen MR) is 73.4 cm³/mol. The van der Waals surface area contributed by atoms with Crippen LogP contribution >= 0.6 is 7.92 Å². The van der Waals surface area contributed by atoms with Gasteiger partial charge in [-0.2, -0.15) is 0 Å². The van der Waals surface area contributed by atoms with Crippen LogP contribution in [0.1, 0.15) is 6.42 Å². The Morgan fingerprint density at radius 1 is 0.765 bits per heavy atom. The molecule has 0 bridgehead atoms. The molecule has 2 aromatic carbocycles. The first-order chi connectivity index (χ1) is 8.42. The third-order valence-electron chi connectivity index (χ3n) is 2.64. The molecule has 0 fully saturated rings. The van der Waals surface area contributed by atoms with E-state index in [4.69, 9.17) is 0 Å². The van der Waals surface area contributed by atoms with Gasteiger partial charge >= 0.3 is 115 Å². The van der Waals surface area contributed by atoms with Crippen LogP contribution in [0.25, 0.3) is 0 Å². The van der Waals surface area contributed by atoms with E-state index in [9.17, 15) is 0 Å². The van der Waals surface area contributed by atoms with Crippen molar-refractivity contribution in [1.29, 1.82) is 0 Å². The van der Waals surface area contributed by atoms with Crippen LogP contribution in [0.5, 0.6) is 0 Å². The van der Waals surface area contributed by atoms with Gasteiger partial charge in [0.15, 0.2) is 0 Å². The Morgan fingerprint density at radius 2 is 1.24 bits per heavy atom. The summed E-state index contributed by atoms with van der Waals surface area (Å²) in [5.74, 6) is 0. The molecule has 2 aromatic rings. The zero-order chi connectivity index (χ0) is 11.9. The molecule has 0 aliphatic heterocycles. The molecule has 0 unspecified atom stereocenters. The van der Waals surface area contributed by atoms with Crippen molar-refractivity contribution in [3.8, 4) is 0 Å². The molecule has 0 heterocycles. The third kappa shape index (κ3) is 3.73. The van der Waals surface area contributed by atoms with E-state index in [-0.39, 0.29) is 7.92 Å². The minimum absolute atomic E-state index is 0.174. The summed E-state index contributed by atoms with van der Waals surface area (Å²) in [5, 5.41) is 4.15. The van der Waals surface area contributed by atoms with Gasteiger partial charge in [-0.05, 0) is 0 Å². The molecule has 0 atom stereocenters. The molecule has 0 nitrogen and oxygen atoms in total. The summed E-state index contributed by atoms with van der Waals surface area (Å²) in [6, 6.07) is 21.8. The zero-order valence-electron chi connectivity index (χ0n) is 9.68. The van der Waals surface area contributed by atoms with Gasteiger partial charge in [-0.15, -0.1) is 0 Å². The van der Waals surface area contributed by atoms with Crippen molar-refractivity contribution in [2.75, 3.05) is 6.16 Å². The van der Waals surface area contributed by atoms with Crippen molar-refractivity contribution >= 4 is 18.5 Å². The van der Waals surface area contributed by atoms with Gasteiger partial charge in [0.1, 0.15) is 0 Å². The van der Waals surface area contributed by atoms with Crippen molar-refractivity contribution in [3.05, 3.63) is 60.7 Å². The molecule has 0 N–H and O–H groups in total. The number of hydrogen-bond acceptors (Lipinski definition) is 0. The van der Waals surface area contributed by atoms with Gasteiger partial charge in [0, 0.05) is 0 Å². The topological polar surface area (TPSA) is 0 Å². The first-order valence-electron chi connectivity index (χ1n) is 5.82. The Hall–Kier alpha value is -0.507. The molecule has 90 valence electrons. The maximum atomic E-state index is 3.01. The average molecular weight is 330 g/mol. The summed E-state index contributed by atoms with van der Waals surface area (Å²) in [6.07, 6.45) is 2.54. The van der Waals surface area contributed by atoms with Gasteiger partial charge in [0.05, 0.1) is 0 Å². The summed E-state index contributed by atoms with van der Waals surface area (Å²) in [4.78, 5) is 0. The van der Waals surface area contributed by atoms with E-state index in [0.29, 0.717) is 0 Å². The number of benzene rings is 2. The zero-order valence-corrected chi connectivity index (χ0v) is 12.2. The van der Waals surface area contributed by atoms with E-state index in [1.54, 1.807) is 0 Å². The fraction of sp³-hybridized carbons (Fsp3) is 0.200. The van der Waals surface area contributed by atoms with Gasteiger partial charge in [-0.25, -0.2) is 0 Å². The Morgan fingerprint density at radius 3 is 1.65 bits per heavy atom. The van der Waals surface area contributed by atoms with Crippen LogP contribution in [0.4, 0.5) is 0 Å². The summed E-state index contributed by atoms with van der Waals surface area (Å²) in [6.45, 7) is 0. The molecular formula is C15H16PRh. The van der Waals surface area contributed by atoms with Gasteiger partial charge in [0.2, 0.25) is 0 Å². The molecule has 17 heavy (non-hydrogen) atoms. The van der Waals surface area contributed by atoms with E-state index in [2.05, 4.69) is 79.0 Å². The third-order valence-corrected chi connectivity index (χ3v) is 5.82. The second-order valence-electron chi connectivity index (χ2n) is 3.84.